The summed E-state index contributed by atoms with van der Waals surface area (Å²) < 4.78 is 11.2. The predicted molar refractivity (Wildman–Crippen MR) is 135 cm³/mol. The molecule has 1 fully saturated rings. The van der Waals surface area contributed by atoms with E-state index in [-0.39, 0.29) is 5.78 Å². The Labute approximate surface area is 205 Å². The number of rotatable bonds is 10. The van der Waals surface area contributed by atoms with Crippen LogP contribution >= 0.6 is 11.6 Å². The number of unbranched alkanes of at least 4 members (excludes halogenated alkanes) is 1. The number of Topliss-reactive ketones (excluding diaryl/α,β-unsaturated/α-hetero) is 1. The Balaban J connectivity index is 1.43. The summed E-state index contributed by atoms with van der Waals surface area (Å²) >= 11 is 6.43. The second-order valence-electron chi connectivity index (χ2n) is 8.32. The first-order valence-corrected chi connectivity index (χ1v) is 12.2. The molecular formula is C27H30ClN3O3. The van der Waals surface area contributed by atoms with Crippen molar-refractivity contribution in [2.45, 2.75) is 32.6 Å². The maximum atomic E-state index is 13.0. The van der Waals surface area contributed by atoms with Crippen LogP contribution in [-0.2, 0) is 11.2 Å². The third-order valence-corrected chi connectivity index (χ3v) is 6.18. The lowest BCUT2D eigenvalue weighted by Crippen LogP contribution is -2.37. The van der Waals surface area contributed by atoms with E-state index in [1.165, 1.54) is 0 Å². The largest absolute Gasteiger partial charge is 0.492 e. The number of aryl methyl sites for hydroxylation is 1. The van der Waals surface area contributed by atoms with Crippen LogP contribution in [0.2, 0.25) is 5.02 Å². The zero-order valence-electron chi connectivity index (χ0n) is 19.5. The topological polar surface area (TPSA) is 64.5 Å². The molecule has 0 aliphatic carbocycles. The van der Waals surface area contributed by atoms with Crippen molar-refractivity contribution in [3.63, 3.8) is 0 Å². The molecule has 1 aliphatic rings. The van der Waals surface area contributed by atoms with Crippen molar-refractivity contribution in [2.75, 3.05) is 37.8 Å². The maximum absolute atomic E-state index is 13.0. The van der Waals surface area contributed by atoms with E-state index in [2.05, 4.69) is 21.8 Å². The number of aromatic nitrogens is 2. The number of anilines is 1. The Morgan fingerprint density at radius 1 is 1.15 bits per heavy atom. The lowest BCUT2D eigenvalue weighted by Gasteiger charge is -2.29. The van der Waals surface area contributed by atoms with Gasteiger partial charge in [0.05, 0.1) is 24.8 Å². The zero-order valence-corrected chi connectivity index (χ0v) is 20.3. The predicted octanol–water partition coefficient (Wildman–Crippen LogP) is 5.63. The number of ether oxygens (including phenoxy) is 2. The van der Waals surface area contributed by atoms with Crippen molar-refractivity contribution in [1.82, 2.24) is 9.97 Å². The molecule has 3 aromatic rings. The van der Waals surface area contributed by atoms with E-state index in [0.29, 0.717) is 49.0 Å². The van der Waals surface area contributed by atoms with E-state index < -0.39 is 0 Å². The monoisotopic (exact) mass is 479 g/mol. The van der Waals surface area contributed by atoms with E-state index in [9.17, 15) is 4.79 Å². The van der Waals surface area contributed by atoms with Gasteiger partial charge in [-0.3, -0.25) is 9.78 Å². The summed E-state index contributed by atoms with van der Waals surface area (Å²) in [7, 11) is 0. The Morgan fingerprint density at radius 2 is 2.00 bits per heavy atom. The molecule has 6 nitrogen and oxygen atoms in total. The van der Waals surface area contributed by atoms with Gasteiger partial charge in [0.2, 0.25) is 0 Å². The van der Waals surface area contributed by atoms with Crippen LogP contribution < -0.4 is 9.64 Å². The second-order valence-corrected chi connectivity index (χ2v) is 8.73. The van der Waals surface area contributed by atoms with Crippen LogP contribution in [0.4, 0.5) is 5.82 Å². The van der Waals surface area contributed by atoms with Crippen LogP contribution in [0.1, 0.15) is 42.1 Å². The molecule has 1 saturated heterocycles. The number of hydrogen-bond donors (Lipinski definition) is 0. The summed E-state index contributed by atoms with van der Waals surface area (Å²) in [6, 6.07) is 11.5. The average Bonchev–Trinajstić information content (AvgIpc) is 2.89. The van der Waals surface area contributed by atoms with Gasteiger partial charge in [-0.15, -0.1) is 0 Å². The molecule has 2 aromatic heterocycles. The second kappa shape index (κ2) is 12.0. The molecule has 0 saturated carbocycles. The van der Waals surface area contributed by atoms with Crippen LogP contribution in [0.25, 0.3) is 11.1 Å². The van der Waals surface area contributed by atoms with E-state index >= 15 is 0 Å². The highest BCUT2D eigenvalue weighted by Gasteiger charge is 2.17. The van der Waals surface area contributed by atoms with Crippen molar-refractivity contribution in [3.05, 3.63) is 71.1 Å². The van der Waals surface area contributed by atoms with Gasteiger partial charge >= 0.3 is 0 Å². The fraction of sp³-hybridized carbons (Fsp3) is 0.370. The maximum Gasteiger partial charge on any atom is 0.164 e. The summed E-state index contributed by atoms with van der Waals surface area (Å²) in [6.07, 6.45) is 8.24. The number of morpholine rings is 1. The van der Waals surface area contributed by atoms with Gasteiger partial charge in [0, 0.05) is 49.2 Å². The van der Waals surface area contributed by atoms with Crippen LogP contribution in [0.15, 0.2) is 55.0 Å². The lowest BCUT2D eigenvalue weighted by molar-refractivity contribution is 0.0982. The van der Waals surface area contributed by atoms with Crippen molar-refractivity contribution >= 4 is 23.2 Å². The first kappa shape index (κ1) is 24.2. The molecule has 0 bridgehead atoms. The van der Waals surface area contributed by atoms with Crippen molar-refractivity contribution in [3.8, 4) is 16.9 Å². The molecule has 0 radical (unpaired) electrons. The van der Waals surface area contributed by atoms with E-state index in [0.717, 1.165) is 48.4 Å². The van der Waals surface area contributed by atoms with E-state index in [1.54, 1.807) is 18.6 Å². The summed E-state index contributed by atoms with van der Waals surface area (Å²) in [6.45, 7) is 5.79. The van der Waals surface area contributed by atoms with Crippen LogP contribution in [0.5, 0.6) is 5.75 Å². The standard InChI is InChI=1S/C27H30ClN3O3/c1-2-3-13-34-26-9-7-21(17-24(26)28)22-16-23(19-29-18-22)25(32)8-6-20-5-4-10-30-27(20)31-11-14-33-15-12-31/h4-5,7,9-10,16-19H,2-3,6,8,11-15H2,1H3. The quantitative estimate of drug-likeness (QED) is 0.277. The number of benzene rings is 1. The first-order chi connectivity index (χ1) is 16.7. The number of pyridine rings is 2. The molecule has 0 atom stereocenters. The Hall–Kier alpha value is -2.96. The Morgan fingerprint density at radius 3 is 2.79 bits per heavy atom. The van der Waals surface area contributed by atoms with Gasteiger partial charge in [0.1, 0.15) is 11.6 Å². The molecule has 0 spiro atoms. The molecule has 0 unspecified atom stereocenters. The fourth-order valence-corrected chi connectivity index (χ4v) is 4.19. The van der Waals surface area contributed by atoms with Gasteiger partial charge in [-0.2, -0.15) is 0 Å². The van der Waals surface area contributed by atoms with Crippen molar-refractivity contribution in [1.29, 1.82) is 0 Å². The third kappa shape index (κ3) is 6.13. The Bertz CT molecular complexity index is 1120. The summed E-state index contributed by atoms with van der Waals surface area (Å²) in [5.74, 6) is 1.67. The zero-order chi connectivity index (χ0) is 23.8. The minimum Gasteiger partial charge on any atom is -0.492 e. The number of halogens is 1. The molecule has 1 aliphatic heterocycles. The van der Waals surface area contributed by atoms with Crippen molar-refractivity contribution < 1.29 is 14.3 Å². The molecule has 34 heavy (non-hydrogen) atoms. The number of hydrogen-bond acceptors (Lipinski definition) is 6. The van der Waals surface area contributed by atoms with Crippen LogP contribution in [-0.4, -0.2) is 48.7 Å². The van der Waals surface area contributed by atoms with Gasteiger partial charge in [-0.1, -0.05) is 37.1 Å². The first-order valence-electron chi connectivity index (χ1n) is 11.8. The Kier molecular flexibility index (Phi) is 8.50. The summed E-state index contributed by atoms with van der Waals surface area (Å²) in [5, 5.41) is 0.553. The van der Waals surface area contributed by atoms with Gasteiger partial charge in [0.25, 0.3) is 0 Å². The number of nitrogens with zero attached hydrogens (tertiary/aromatic N) is 3. The minimum absolute atomic E-state index is 0.0525. The van der Waals surface area contributed by atoms with Gasteiger partial charge < -0.3 is 14.4 Å². The molecule has 0 amide bonds. The highest BCUT2D eigenvalue weighted by atomic mass is 35.5. The number of carbonyl (C=O) groups excluding carboxylic acids is 1. The molecule has 4 rings (SSSR count). The van der Waals surface area contributed by atoms with Gasteiger partial charge in [-0.05, 0) is 48.2 Å². The average molecular weight is 480 g/mol. The molecule has 0 N–H and O–H groups in total. The molecule has 3 heterocycles. The summed E-state index contributed by atoms with van der Waals surface area (Å²) in [5.41, 5.74) is 3.42. The number of ketones is 1. The highest BCUT2D eigenvalue weighted by Crippen LogP contribution is 2.31. The smallest absolute Gasteiger partial charge is 0.164 e. The SMILES string of the molecule is CCCCOc1ccc(-c2cncc(C(=O)CCc3cccnc3N3CCOCC3)c2)cc1Cl. The fourth-order valence-electron chi connectivity index (χ4n) is 3.95. The van der Waals surface area contributed by atoms with Crippen LogP contribution in [0.3, 0.4) is 0 Å². The molecular weight excluding hydrogens is 450 g/mol. The summed E-state index contributed by atoms with van der Waals surface area (Å²) in [4.78, 5) is 24.1. The minimum atomic E-state index is 0.0525. The van der Waals surface area contributed by atoms with Gasteiger partial charge in [0.15, 0.2) is 5.78 Å². The molecule has 7 heteroatoms. The normalized spacial score (nSPS) is 13.6. The highest BCUT2D eigenvalue weighted by molar-refractivity contribution is 6.32. The van der Waals surface area contributed by atoms with Crippen LogP contribution in [0, 0.1) is 0 Å². The van der Waals surface area contributed by atoms with Gasteiger partial charge in [-0.25, -0.2) is 4.98 Å². The van der Waals surface area contributed by atoms with Crippen molar-refractivity contribution in [2.24, 2.45) is 0 Å². The molecule has 1 aromatic carbocycles. The van der Waals surface area contributed by atoms with E-state index in [4.69, 9.17) is 21.1 Å². The lowest BCUT2D eigenvalue weighted by atomic mass is 10.0. The third-order valence-electron chi connectivity index (χ3n) is 5.88. The molecule has 178 valence electrons. The van der Waals surface area contributed by atoms with E-state index in [1.807, 2.05) is 36.4 Å². The number of carbonyl (C=O) groups is 1.